The van der Waals surface area contributed by atoms with Crippen LogP contribution in [0.15, 0.2) is 48.7 Å². The van der Waals surface area contributed by atoms with Gasteiger partial charge in [-0.25, -0.2) is 9.07 Å². The molecule has 2 atom stereocenters. The minimum Gasteiger partial charge on any atom is -0.480 e. The Morgan fingerprint density at radius 1 is 1.18 bits per heavy atom. The van der Waals surface area contributed by atoms with Crippen LogP contribution >= 0.6 is 11.6 Å². The highest BCUT2D eigenvalue weighted by molar-refractivity contribution is 6.30. The second-order valence-electron chi connectivity index (χ2n) is 8.22. The van der Waals surface area contributed by atoms with Gasteiger partial charge in [0.05, 0.1) is 11.9 Å². The van der Waals surface area contributed by atoms with E-state index in [2.05, 4.69) is 10.3 Å². The van der Waals surface area contributed by atoms with E-state index in [-0.39, 0.29) is 29.4 Å². The molecule has 1 saturated heterocycles. The van der Waals surface area contributed by atoms with Gasteiger partial charge < -0.3 is 14.5 Å². The lowest BCUT2D eigenvalue weighted by atomic mass is 10.1. The summed E-state index contributed by atoms with van der Waals surface area (Å²) in [5, 5.41) is 8.63. The molecule has 1 fully saturated rings. The minimum atomic E-state index is -0.672. The summed E-state index contributed by atoms with van der Waals surface area (Å²) in [4.78, 5) is 29.4. The van der Waals surface area contributed by atoms with Crippen molar-refractivity contribution in [2.75, 3.05) is 19.6 Å². The van der Waals surface area contributed by atoms with Crippen LogP contribution in [0, 0.1) is 5.82 Å². The van der Waals surface area contributed by atoms with E-state index in [4.69, 9.17) is 16.3 Å². The molecular formula is C23H21ClFN5O3. The first-order valence-electron chi connectivity index (χ1n) is 10.6. The van der Waals surface area contributed by atoms with Gasteiger partial charge in [-0.1, -0.05) is 22.9 Å². The monoisotopic (exact) mass is 469 g/mol. The first-order chi connectivity index (χ1) is 15.9. The van der Waals surface area contributed by atoms with Crippen molar-refractivity contribution in [2.45, 2.75) is 25.5 Å². The normalized spacial score (nSPS) is 19.8. The second kappa shape index (κ2) is 8.47. The number of hydrogen-bond donors (Lipinski definition) is 0. The molecule has 8 nitrogen and oxygen atoms in total. The summed E-state index contributed by atoms with van der Waals surface area (Å²) in [6.45, 7) is 3.00. The zero-order valence-electron chi connectivity index (χ0n) is 17.8. The van der Waals surface area contributed by atoms with E-state index in [1.165, 1.54) is 16.8 Å². The van der Waals surface area contributed by atoms with Crippen LogP contribution < -0.4 is 4.74 Å². The van der Waals surface area contributed by atoms with Gasteiger partial charge in [0.1, 0.15) is 11.6 Å². The summed E-state index contributed by atoms with van der Waals surface area (Å²) in [6, 6.07) is 11.2. The fourth-order valence-corrected chi connectivity index (χ4v) is 4.46. The first kappa shape index (κ1) is 21.4. The topological polar surface area (TPSA) is 80.6 Å². The molecule has 0 N–H and O–H groups in total. The van der Waals surface area contributed by atoms with E-state index >= 15 is 0 Å². The molecule has 1 aromatic heterocycles. The number of fused-ring (bicyclic) bond motifs is 1. The van der Waals surface area contributed by atoms with Crippen LogP contribution in [0.2, 0.25) is 5.02 Å². The predicted octanol–water partition coefficient (Wildman–Crippen LogP) is 2.74. The summed E-state index contributed by atoms with van der Waals surface area (Å²) in [6.07, 6.45) is 1.24. The second-order valence-corrected chi connectivity index (χ2v) is 8.66. The largest absolute Gasteiger partial charge is 0.480 e. The Bertz CT molecular complexity index is 1230. The van der Waals surface area contributed by atoms with E-state index in [1.54, 1.807) is 40.3 Å². The average molecular weight is 470 g/mol. The van der Waals surface area contributed by atoms with Gasteiger partial charge in [-0.05, 0) is 43.3 Å². The maximum Gasteiger partial charge on any atom is 0.276 e. The molecule has 2 unspecified atom stereocenters. The molecule has 0 aliphatic carbocycles. The van der Waals surface area contributed by atoms with E-state index in [0.29, 0.717) is 48.1 Å². The number of carbonyl (C=O) groups excluding carboxylic acids is 2. The van der Waals surface area contributed by atoms with Gasteiger partial charge in [0.2, 0.25) is 0 Å². The molecule has 2 aliphatic heterocycles. The fourth-order valence-electron chi connectivity index (χ4n) is 4.27. The summed E-state index contributed by atoms with van der Waals surface area (Å²) < 4.78 is 20.7. The number of aromatic nitrogens is 3. The molecule has 0 spiro atoms. The summed E-state index contributed by atoms with van der Waals surface area (Å²) in [5.74, 6) is -0.210. The number of ether oxygens (including phenoxy) is 1. The Hall–Kier alpha value is -3.46. The van der Waals surface area contributed by atoms with Crippen molar-refractivity contribution in [2.24, 2.45) is 0 Å². The number of piperazine rings is 1. The number of carbonyl (C=O) groups is 2. The first-order valence-corrected chi connectivity index (χ1v) is 11.0. The molecule has 3 heterocycles. The van der Waals surface area contributed by atoms with Crippen LogP contribution in [0.25, 0.3) is 5.69 Å². The smallest absolute Gasteiger partial charge is 0.276 e. The Morgan fingerprint density at radius 3 is 2.82 bits per heavy atom. The molecule has 5 rings (SSSR count). The van der Waals surface area contributed by atoms with Crippen molar-refractivity contribution in [3.05, 3.63) is 70.8 Å². The SMILES string of the molecule is CC1CN(C(=O)C2Cc3cc(F)ccc3O2)CCN1C(=O)c1cn(-c2cccc(Cl)c2)nn1. The van der Waals surface area contributed by atoms with Crippen molar-refractivity contribution in [1.29, 1.82) is 0 Å². The quantitative estimate of drug-likeness (QED) is 0.589. The Balaban J connectivity index is 1.23. The zero-order valence-corrected chi connectivity index (χ0v) is 18.6. The highest BCUT2D eigenvalue weighted by atomic mass is 35.5. The lowest BCUT2D eigenvalue weighted by Gasteiger charge is -2.40. The molecule has 10 heteroatoms. The van der Waals surface area contributed by atoms with Crippen molar-refractivity contribution in [3.8, 4) is 11.4 Å². The Kier molecular flexibility index (Phi) is 5.49. The van der Waals surface area contributed by atoms with Crippen molar-refractivity contribution in [1.82, 2.24) is 24.8 Å². The van der Waals surface area contributed by atoms with E-state index in [1.807, 2.05) is 13.0 Å². The van der Waals surface area contributed by atoms with Gasteiger partial charge in [0.15, 0.2) is 11.8 Å². The third-order valence-corrected chi connectivity index (χ3v) is 6.19. The van der Waals surface area contributed by atoms with Crippen LogP contribution in [-0.2, 0) is 11.2 Å². The summed E-state index contributed by atoms with van der Waals surface area (Å²) >= 11 is 6.03. The van der Waals surface area contributed by atoms with Crippen molar-refractivity contribution >= 4 is 23.4 Å². The molecule has 2 amide bonds. The zero-order chi connectivity index (χ0) is 23.1. The molecule has 0 bridgehead atoms. The maximum absolute atomic E-state index is 13.5. The highest BCUT2D eigenvalue weighted by Crippen LogP contribution is 2.30. The van der Waals surface area contributed by atoms with Gasteiger partial charge in [-0.2, -0.15) is 0 Å². The average Bonchev–Trinajstić information content (AvgIpc) is 3.45. The van der Waals surface area contributed by atoms with Crippen LogP contribution in [-0.4, -0.2) is 68.4 Å². The third-order valence-electron chi connectivity index (χ3n) is 5.96. The van der Waals surface area contributed by atoms with Gasteiger partial charge in [-0.15, -0.1) is 5.10 Å². The lowest BCUT2D eigenvalue weighted by molar-refractivity contribution is -0.140. The van der Waals surface area contributed by atoms with Crippen molar-refractivity contribution < 1.29 is 18.7 Å². The molecule has 0 saturated carbocycles. The van der Waals surface area contributed by atoms with Crippen LogP contribution in [0.1, 0.15) is 23.0 Å². The Labute approximate surface area is 194 Å². The van der Waals surface area contributed by atoms with Gasteiger partial charge in [-0.3, -0.25) is 9.59 Å². The van der Waals surface area contributed by atoms with Gasteiger partial charge in [0, 0.05) is 42.7 Å². The standard InChI is InChI=1S/C23H21ClFN5O3/c1-14-12-28(23(32)21-10-15-9-17(25)5-6-20(15)33-21)7-8-29(14)22(31)19-13-30(27-26-19)18-4-2-3-16(24)11-18/h2-6,9,11,13-14,21H,7-8,10,12H2,1H3. The fraction of sp³-hybridized carbons (Fsp3) is 0.304. The Morgan fingerprint density at radius 2 is 2.03 bits per heavy atom. The number of benzene rings is 2. The van der Waals surface area contributed by atoms with E-state index in [9.17, 15) is 14.0 Å². The number of rotatable bonds is 3. The van der Waals surface area contributed by atoms with Gasteiger partial charge in [0.25, 0.3) is 11.8 Å². The maximum atomic E-state index is 13.5. The third kappa shape index (κ3) is 4.16. The molecule has 2 aliphatic rings. The number of hydrogen-bond acceptors (Lipinski definition) is 5. The lowest BCUT2D eigenvalue weighted by Crippen LogP contribution is -2.57. The van der Waals surface area contributed by atoms with Gasteiger partial charge >= 0.3 is 0 Å². The summed E-state index contributed by atoms with van der Waals surface area (Å²) in [5.41, 5.74) is 1.62. The molecule has 2 aromatic carbocycles. The van der Waals surface area contributed by atoms with Crippen LogP contribution in [0.4, 0.5) is 4.39 Å². The van der Waals surface area contributed by atoms with E-state index in [0.717, 1.165) is 0 Å². The molecule has 3 aromatic rings. The van der Waals surface area contributed by atoms with Crippen LogP contribution in [0.3, 0.4) is 0 Å². The molecule has 33 heavy (non-hydrogen) atoms. The predicted molar refractivity (Wildman–Crippen MR) is 118 cm³/mol. The number of nitrogens with zero attached hydrogens (tertiary/aromatic N) is 5. The molecular weight excluding hydrogens is 449 g/mol. The summed E-state index contributed by atoms with van der Waals surface area (Å²) in [7, 11) is 0. The highest BCUT2D eigenvalue weighted by Gasteiger charge is 2.37. The molecule has 170 valence electrons. The molecule has 0 radical (unpaired) electrons. The van der Waals surface area contributed by atoms with Crippen molar-refractivity contribution in [3.63, 3.8) is 0 Å². The number of amides is 2. The number of halogens is 2. The van der Waals surface area contributed by atoms with Crippen LogP contribution in [0.5, 0.6) is 5.75 Å². The minimum absolute atomic E-state index is 0.155. The van der Waals surface area contributed by atoms with E-state index < -0.39 is 6.10 Å².